The molecular formula is C11H21N3O4S. The van der Waals surface area contributed by atoms with Crippen molar-refractivity contribution in [3.63, 3.8) is 0 Å². The second kappa shape index (κ2) is 7.59. The second-order valence-electron chi connectivity index (χ2n) is 4.01. The molecule has 0 bridgehead atoms. The first kappa shape index (κ1) is 16.1. The minimum absolute atomic E-state index is 0.0524. The quantitative estimate of drug-likeness (QED) is 0.688. The van der Waals surface area contributed by atoms with Crippen LogP contribution in [0.1, 0.15) is 13.3 Å². The topological polar surface area (TPSA) is 84.7 Å². The molecule has 1 N–H and O–H groups in total. The molecule has 8 heteroatoms. The van der Waals surface area contributed by atoms with Crippen molar-refractivity contribution in [1.82, 2.24) is 14.1 Å². The average molecular weight is 291 g/mol. The van der Waals surface area contributed by atoms with Gasteiger partial charge in [0, 0.05) is 39.5 Å². The lowest BCUT2D eigenvalue weighted by molar-refractivity contribution is 0.180. The first-order valence-electron chi connectivity index (χ1n) is 6.18. The molecule has 0 aromatic carbocycles. The van der Waals surface area contributed by atoms with E-state index in [0.29, 0.717) is 32.7 Å². The maximum atomic E-state index is 12.3. The van der Waals surface area contributed by atoms with Crippen molar-refractivity contribution in [2.45, 2.75) is 24.8 Å². The number of aliphatic hydroxyl groups excluding tert-OH is 1. The van der Waals surface area contributed by atoms with E-state index in [9.17, 15) is 8.42 Å². The van der Waals surface area contributed by atoms with Gasteiger partial charge in [-0.1, -0.05) is 6.92 Å². The molecule has 0 aliphatic carbocycles. The van der Waals surface area contributed by atoms with Gasteiger partial charge in [-0.15, -0.1) is 0 Å². The van der Waals surface area contributed by atoms with E-state index >= 15 is 0 Å². The first-order valence-corrected chi connectivity index (χ1v) is 7.62. The number of methoxy groups -OCH3 is 1. The predicted molar refractivity (Wildman–Crippen MR) is 70.2 cm³/mol. The Morgan fingerprint density at radius 1 is 1.53 bits per heavy atom. The van der Waals surface area contributed by atoms with E-state index in [1.54, 1.807) is 6.92 Å². The molecule has 1 heterocycles. The van der Waals surface area contributed by atoms with Gasteiger partial charge in [0.05, 0.1) is 12.8 Å². The molecule has 0 amide bonds. The van der Waals surface area contributed by atoms with E-state index in [-0.39, 0.29) is 11.5 Å². The van der Waals surface area contributed by atoms with Crippen LogP contribution >= 0.6 is 0 Å². The monoisotopic (exact) mass is 291 g/mol. The fraction of sp³-hybridized carbons (Fsp3) is 0.727. The maximum Gasteiger partial charge on any atom is 0.246 e. The van der Waals surface area contributed by atoms with Gasteiger partial charge in [0.1, 0.15) is 4.90 Å². The number of sulfonamides is 1. The van der Waals surface area contributed by atoms with Gasteiger partial charge in [0.2, 0.25) is 10.0 Å². The van der Waals surface area contributed by atoms with Gasteiger partial charge in [-0.3, -0.25) is 4.68 Å². The summed E-state index contributed by atoms with van der Waals surface area (Å²) in [6, 6.07) is 0. The highest BCUT2D eigenvalue weighted by atomic mass is 32.2. The van der Waals surface area contributed by atoms with Gasteiger partial charge in [-0.25, -0.2) is 8.42 Å². The molecule has 0 atom stereocenters. The Bertz CT molecular complexity index is 472. The molecule has 19 heavy (non-hydrogen) atoms. The first-order chi connectivity index (χ1) is 9.06. The van der Waals surface area contributed by atoms with Crippen LogP contribution in [0.2, 0.25) is 0 Å². The Labute approximate surface area is 113 Å². The van der Waals surface area contributed by atoms with Gasteiger partial charge in [-0.2, -0.15) is 9.40 Å². The summed E-state index contributed by atoms with van der Waals surface area (Å²) in [4.78, 5) is 0.170. The van der Waals surface area contributed by atoms with Crippen LogP contribution in [-0.4, -0.2) is 61.0 Å². The van der Waals surface area contributed by atoms with Crippen molar-refractivity contribution in [3.8, 4) is 0 Å². The fourth-order valence-corrected chi connectivity index (χ4v) is 3.01. The highest BCUT2D eigenvalue weighted by Crippen LogP contribution is 2.14. The van der Waals surface area contributed by atoms with Crippen molar-refractivity contribution >= 4 is 10.0 Å². The van der Waals surface area contributed by atoms with Gasteiger partial charge in [0.25, 0.3) is 0 Å². The summed E-state index contributed by atoms with van der Waals surface area (Å²) in [5.41, 5.74) is 0. The van der Waals surface area contributed by atoms with E-state index in [0.717, 1.165) is 0 Å². The van der Waals surface area contributed by atoms with E-state index in [1.165, 1.54) is 28.5 Å². The molecule has 1 rings (SSSR count). The Morgan fingerprint density at radius 3 is 2.84 bits per heavy atom. The van der Waals surface area contributed by atoms with Crippen molar-refractivity contribution < 1.29 is 18.3 Å². The lowest BCUT2D eigenvalue weighted by Crippen LogP contribution is -2.33. The summed E-state index contributed by atoms with van der Waals surface area (Å²) in [6.07, 6.45) is 3.37. The fourth-order valence-electron chi connectivity index (χ4n) is 1.62. The van der Waals surface area contributed by atoms with Crippen molar-refractivity contribution in [1.29, 1.82) is 0 Å². The number of aryl methyl sites for hydroxylation is 1. The third-order valence-electron chi connectivity index (χ3n) is 2.69. The van der Waals surface area contributed by atoms with Gasteiger partial charge >= 0.3 is 0 Å². The number of hydrogen-bond acceptors (Lipinski definition) is 5. The molecule has 0 fully saturated rings. The molecule has 0 radical (unpaired) electrons. The predicted octanol–water partition coefficient (Wildman–Crippen LogP) is -0.0775. The summed E-state index contributed by atoms with van der Waals surface area (Å²) in [5, 5.41) is 12.7. The van der Waals surface area contributed by atoms with Gasteiger partial charge in [0.15, 0.2) is 0 Å². The second-order valence-corrected chi connectivity index (χ2v) is 5.94. The molecule has 0 saturated carbocycles. The van der Waals surface area contributed by atoms with Crippen LogP contribution < -0.4 is 0 Å². The van der Waals surface area contributed by atoms with Crippen LogP contribution in [0.25, 0.3) is 0 Å². The highest BCUT2D eigenvalue weighted by Gasteiger charge is 2.24. The minimum Gasteiger partial charge on any atom is -0.396 e. The Hall–Kier alpha value is -0.960. The van der Waals surface area contributed by atoms with Gasteiger partial charge in [-0.05, 0) is 6.42 Å². The third-order valence-corrected chi connectivity index (χ3v) is 4.62. The number of aliphatic hydroxyl groups is 1. The summed E-state index contributed by atoms with van der Waals surface area (Å²) in [7, 11) is -1.98. The maximum absolute atomic E-state index is 12.3. The molecule has 110 valence electrons. The standard InChI is InChI=1S/C11H21N3O4S/c1-3-14(6-8-18-2)19(16,17)11-9-12-13(10-11)5-4-7-15/h9-10,15H,3-8H2,1-2H3. The van der Waals surface area contributed by atoms with Crippen LogP contribution in [0.3, 0.4) is 0 Å². The van der Waals surface area contributed by atoms with Crippen molar-refractivity contribution in [2.75, 3.05) is 33.4 Å². The van der Waals surface area contributed by atoms with Crippen molar-refractivity contribution in [3.05, 3.63) is 12.4 Å². The van der Waals surface area contributed by atoms with Crippen LogP contribution in [-0.2, 0) is 21.3 Å². The number of nitrogens with zero attached hydrogens (tertiary/aromatic N) is 3. The molecule has 0 saturated heterocycles. The van der Waals surface area contributed by atoms with Crippen LogP contribution in [0.4, 0.5) is 0 Å². The summed E-state index contributed by atoms with van der Waals surface area (Å²) in [5.74, 6) is 0. The number of hydrogen-bond donors (Lipinski definition) is 1. The number of aromatic nitrogens is 2. The lowest BCUT2D eigenvalue weighted by atomic mass is 10.5. The van der Waals surface area contributed by atoms with E-state index in [2.05, 4.69) is 5.10 Å². The molecule has 0 aliphatic rings. The largest absolute Gasteiger partial charge is 0.396 e. The highest BCUT2D eigenvalue weighted by molar-refractivity contribution is 7.89. The van der Waals surface area contributed by atoms with E-state index < -0.39 is 10.0 Å². The lowest BCUT2D eigenvalue weighted by Gasteiger charge is -2.18. The Morgan fingerprint density at radius 2 is 2.26 bits per heavy atom. The van der Waals surface area contributed by atoms with E-state index in [4.69, 9.17) is 9.84 Å². The SMILES string of the molecule is CCN(CCOC)S(=O)(=O)c1cnn(CCCO)c1. The van der Waals surface area contributed by atoms with Crippen molar-refractivity contribution in [2.24, 2.45) is 0 Å². The third kappa shape index (κ3) is 4.27. The normalized spacial score (nSPS) is 12.2. The molecule has 0 spiro atoms. The van der Waals surface area contributed by atoms with Crippen LogP contribution in [0, 0.1) is 0 Å². The number of ether oxygens (including phenoxy) is 1. The Balaban J connectivity index is 2.82. The zero-order valence-electron chi connectivity index (χ0n) is 11.3. The zero-order valence-corrected chi connectivity index (χ0v) is 12.1. The van der Waals surface area contributed by atoms with E-state index in [1.807, 2.05) is 0 Å². The molecule has 1 aromatic heterocycles. The Kier molecular flexibility index (Phi) is 6.43. The average Bonchev–Trinajstić information content (AvgIpc) is 2.86. The molecule has 0 unspecified atom stereocenters. The van der Waals surface area contributed by atoms with Gasteiger partial charge < -0.3 is 9.84 Å². The molecule has 1 aromatic rings. The molecule has 7 nitrogen and oxygen atoms in total. The summed E-state index contributed by atoms with van der Waals surface area (Å²) in [6.45, 7) is 3.38. The number of likely N-dealkylation sites (N-methyl/N-ethyl adjacent to an activating group) is 1. The molecule has 0 aliphatic heterocycles. The van der Waals surface area contributed by atoms with Crippen LogP contribution in [0.5, 0.6) is 0 Å². The smallest absolute Gasteiger partial charge is 0.246 e. The zero-order chi connectivity index (χ0) is 14.3. The molecular weight excluding hydrogens is 270 g/mol. The summed E-state index contributed by atoms with van der Waals surface area (Å²) >= 11 is 0. The minimum atomic E-state index is -3.52. The van der Waals surface area contributed by atoms with Crippen LogP contribution in [0.15, 0.2) is 17.3 Å². The summed E-state index contributed by atoms with van der Waals surface area (Å²) < 4.78 is 32.4. The number of rotatable bonds is 9.